The molecule has 2 rings (SSSR count). The highest BCUT2D eigenvalue weighted by Crippen LogP contribution is 2.18. The van der Waals surface area contributed by atoms with E-state index in [1.54, 1.807) is 30.3 Å². The number of aromatic hydroxyl groups is 1. The highest BCUT2D eigenvalue weighted by atomic mass is 19.1. The van der Waals surface area contributed by atoms with E-state index in [4.69, 9.17) is 10.00 Å². The molecule has 0 amide bonds. The van der Waals surface area contributed by atoms with Gasteiger partial charge in [0.05, 0.1) is 5.56 Å². The summed E-state index contributed by atoms with van der Waals surface area (Å²) in [5.74, 6) is -0.108. The Kier molecular flexibility index (Phi) is 3.44. The van der Waals surface area contributed by atoms with Gasteiger partial charge in [-0.25, -0.2) is 4.39 Å². The standard InChI is InChI=1S/C14H10FNO2/c15-14-7-13(5-4-11(14)8-16)18-9-10-2-1-3-12(17)6-10/h1-7,17H,9H2. The van der Waals surface area contributed by atoms with Crippen LogP contribution in [0.4, 0.5) is 4.39 Å². The minimum absolute atomic E-state index is 0.0142. The van der Waals surface area contributed by atoms with Crippen molar-refractivity contribution < 1.29 is 14.2 Å². The smallest absolute Gasteiger partial charge is 0.144 e. The Morgan fingerprint density at radius 2 is 2.06 bits per heavy atom. The van der Waals surface area contributed by atoms with Gasteiger partial charge >= 0.3 is 0 Å². The summed E-state index contributed by atoms with van der Waals surface area (Å²) in [5.41, 5.74) is 0.763. The average molecular weight is 243 g/mol. The van der Waals surface area contributed by atoms with Gasteiger partial charge in [0.15, 0.2) is 0 Å². The predicted octanol–water partition coefficient (Wildman–Crippen LogP) is 2.98. The zero-order valence-corrected chi connectivity index (χ0v) is 9.43. The summed E-state index contributed by atoms with van der Waals surface area (Å²) in [6, 6.07) is 12.4. The van der Waals surface area contributed by atoms with Crippen molar-refractivity contribution >= 4 is 0 Å². The summed E-state index contributed by atoms with van der Waals surface area (Å²) in [7, 11) is 0. The van der Waals surface area contributed by atoms with E-state index in [2.05, 4.69) is 0 Å². The molecule has 0 radical (unpaired) electrons. The number of nitriles is 1. The van der Waals surface area contributed by atoms with Gasteiger partial charge in [-0.2, -0.15) is 5.26 Å². The van der Waals surface area contributed by atoms with Crippen molar-refractivity contribution in [3.63, 3.8) is 0 Å². The molecule has 2 aromatic carbocycles. The number of rotatable bonds is 3. The van der Waals surface area contributed by atoms with Gasteiger partial charge < -0.3 is 9.84 Å². The van der Waals surface area contributed by atoms with Gasteiger partial charge in [0, 0.05) is 6.07 Å². The Labute approximate surface area is 104 Å². The molecule has 0 atom stereocenters. The van der Waals surface area contributed by atoms with Crippen LogP contribution in [0.15, 0.2) is 42.5 Å². The summed E-state index contributed by atoms with van der Waals surface area (Å²) in [6.07, 6.45) is 0. The van der Waals surface area contributed by atoms with Crippen LogP contribution < -0.4 is 4.74 Å². The highest BCUT2D eigenvalue weighted by Gasteiger charge is 2.03. The van der Waals surface area contributed by atoms with Crippen molar-refractivity contribution in [3.8, 4) is 17.6 Å². The third kappa shape index (κ3) is 2.77. The molecule has 0 spiro atoms. The lowest BCUT2D eigenvalue weighted by Gasteiger charge is -2.07. The molecule has 0 saturated heterocycles. The molecule has 0 unspecified atom stereocenters. The van der Waals surface area contributed by atoms with Crippen LogP contribution in [0.3, 0.4) is 0 Å². The van der Waals surface area contributed by atoms with Gasteiger partial charge in [0.1, 0.15) is 30.0 Å². The number of nitrogens with zero attached hydrogens (tertiary/aromatic N) is 1. The second-order valence-electron chi connectivity index (χ2n) is 3.71. The average Bonchev–Trinajstić information content (AvgIpc) is 2.37. The van der Waals surface area contributed by atoms with Crippen LogP contribution in [0.1, 0.15) is 11.1 Å². The highest BCUT2D eigenvalue weighted by molar-refractivity contribution is 5.36. The van der Waals surface area contributed by atoms with Gasteiger partial charge in [-0.15, -0.1) is 0 Å². The molecule has 0 aliphatic rings. The van der Waals surface area contributed by atoms with Crippen LogP contribution in [0.5, 0.6) is 11.5 Å². The number of benzene rings is 2. The largest absolute Gasteiger partial charge is 0.508 e. The van der Waals surface area contributed by atoms with Crippen LogP contribution in [-0.2, 0) is 6.61 Å². The van der Waals surface area contributed by atoms with E-state index in [1.165, 1.54) is 18.2 Å². The van der Waals surface area contributed by atoms with Crippen molar-refractivity contribution in [1.29, 1.82) is 5.26 Å². The lowest BCUT2D eigenvalue weighted by molar-refractivity contribution is 0.304. The first-order valence-electron chi connectivity index (χ1n) is 5.29. The van der Waals surface area contributed by atoms with E-state index < -0.39 is 5.82 Å². The minimum Gasteiger partial charge on any atom is -0.508 e. The SMILES string of the molecule is N#Cc1ccc(OCc2cccc(O)c2)cc1F. The lowest BCUT2D eigenvalue weighted by Crippen LogP contribution is -1.96. The zero-order valence-electron chi connectivity index (χ0n) is 9.43. The molecular formula is C14H10FNO2. The number of phenols is 1. The summed E-state index contributed by atoms with van der Waals surface area (Å²) in [6.45, 7) is 0.222. The number of halogens is 1. The maximum Gasteiger partial charge on any atom is 0.144 e. The first kappa shape index (κ1) is 11.9. The third-order valence-corrected chi connectivity index (χ3v) is 2.38. The fourth-order valence-electron chi connectivity index (χ4n) is 1.49. The summed E-state index contributed by atoms with van der Waals surface area (Å²) < 4.78 is 18.7. The van der Waals surface area contributed by atoms with Crippen molar-refractivity contribution in [2.45, 2.75) is 6.61 Å². The molecule has 0 aromatic heterocycles. The molecular weight excluding hydrogens is 233 g/mol. The van der Waals surface area contributed by atoms with Crippen molar-refractivity contribution in [1.82, 2.24) is 0 Å². The number of hydrogen-bond donors (Lipinski definition) is 1. The van der Waals surface area contributed by atoms with E-state index >= 15 is 0 Å². The van der Waals surface area contributed by atoms with Crippen LogP contribution in [0, 0.1) is 17.1 Å². The van der Waals surface area contributed by atoms with Crippen molar-refractivity contribution in [2.75, 3.05) is 0 Å². The second-order valence-corrected chi connectivity index (χ2v) is 3.71. The van der Waals surface area contributed by atoms with E-state index in [0.29, 0.717) is 5.75 Å². The number of ether oxygens (including phenoxy) is 1. The Morgan fingerprint density at radius 3 is 2.72 bits per heavy atom. The molecule has 3 nitrogen and oxygen atoms in total. The topological polar surface area (TPSA) is 53.2 Å². The predicted molar refractivity (Wildman–Crippen MR) is 63.6 cm³/mol. The molecule has 4 heteroatoms. The van der Waals surface area contributed by atoms with E-state index in [-0.39, 0.29) is 17.9 Å². The number of hydrogen-bond acceptors (Lipinski definition) is 3. The first-order chi connectivity index (χ1) is 8.69. The van der Waals surface area contributed by atoms with Gasteiger partial charge in [0.2, 0.25) is 0 Å². The normalized spacial score (nSPS) is 9.78. The summed E-state index contributed by atoms with van der Waals surface area (Å²) in [4.78, 5) is 0. The Morgan fingerprint density at radius 1 is 1.22 bits per heavy atom. The van der Waals surface area contributed by atoms with E-state index in [0.717, 1.165) is 5.56 Å². The molecule has 1 N–H and O–H groups in total. The monoisotopic (exact) mass is 243 g/mol. The van der Waals surface area contributed by atoms with Crippen LogP contribution in [0.2, 0.25) is 0 Å². The number of phenolic OH excluding ortho intramolecular Hbond substituents is 1. The van der Waals surface area contributed by atoms with E-state index in [9.17, 15) is 9.50 Å². The van der Waals surface area contributed by atoms with Crippen LogP contribution in [0.25, 0.3) is 0 Å². The molecule has 2 aromatic rings. The Balaban J connectivity index is 2.07. The molecule has 0 saturated carbocycles. The van der Waals surface area contributed by atoms with Crippen molar-refractivity contribution in [2.24, 2.45) is 0 Å². The molecule has 0 bridgehead atoms. The zero-order chi connectivity index (χ0) is 13.0. The van der Waals surface area contributed by atoms with Gasteiger partial charge in [-0.3, -0.25) is 0 Å². The molecule has 90 valence electrons. The molecule has 0 heterocycles. The third-order valence-electron chi connectivity index (χ3n) is 2.38. The van der Waals surface area contributed by atoms with Gasteiger partial charge in [0.25, 0.3) is 0 Å². The summed E-state index contributed by atoms with van der Waals surface area (Å²) >= 11 is 0. The minimum atomic E-state index is -0.606. The van der Waals surface area contributed by atoms with E-state index in [1.807, 2.05) is 0 Å². The van der Waals surface area contributed by atoms with Gasteiger partial charge in [-0.1, -0.05) is 12.1 Å². The molecule has 18 heavy (non-hydrogen) atoms. The van der Waals surface area contributed by atoms with Crippen LogP contribution in [-0.4, -0.2) is 5.11 Å². The Bertz CT molecular complexity index is 605. The maximum atomic E-state index is 13.3. The molecule has 0 aliphatic carbocycles. The Hall–Kier alpha value is -2.54. The lowest BCUT2D eigenvalue weighted by atomic mass is 10.2. The maximum absolute atomic E-state index is 13.3. The first-order valence-corrected chi connectivity index (χ1v) is 5.29. The quantitative estimate of drug-likeness (QED) is 0.901. The van der Waals surface area contributed by atoms with Crippen LogP contribution >= 0.6 is 0 Å². The second kappa shape index (κ2) is 5.19. The molecule has 0 fully saturated rings. The fourth-order valence-corrected chi connectivity index (χ4v) is 1.49. The summed E-state index contributed by atoms with van der Waals surface area (Å²) in [5, 5.41) is 17.9. The fraction of sp³-hybridized carbons (Fsp3) is 0.0714. The van der Waals surface area contributed by atoms with Gasteiger partial charge in [-0.05, 0) is 29.8 Å². The molecule has 0 aliphatic heterocycles. The van der Waals surface area contributed by atoms with Crippen molar-refractivity contribution in [3.05, 3.63) is 59.4 Å².